The Morgan fingerprint density at radius 3 is 2.95 bits per heavy atom. The van der Waals surface area contributed by atoms with Crippen molar-refractivity contribution in [1.82, 2.24) is 5.32 Å². The van der Waals surface area contributed by atoms with E-state index in [-0.39, 0.29) is 11.7 Å². The minimum absolute atomic E-state index is 0.0503. The van der Waals surface area contributed by atoms with Gasteiger partial charge in [-0.25, -0.2) is 0 Å². The monoisotopic (exact) mass is 260 g/mol. The van der Waals surface area contributed by atoms with E-state index in [1.54, 1.807) is 0 Å². The van der Waals surface area contributed by atoms with Crippen molar-refractivity contribution < 1.29 is 9.90 Å². The lowest BCUT2D eigenvalue weighted by molar-refractivity contribution is 0.0954. The summed E-state index contributed by atoms with van der Waals surface area (Å²) in [5, 5.41) is 12.2. The zero-order chi connectivity index (χ0) is 13.7. The number of rotatable bonds is 4. The first-order valence-electron chi connectivity index (χ1n) is 6.71. The fraction of sp³-hybridized carbons (Fsp3) is 0.400. The van der Waals surface area contributed by atoms with Gasteiger partial charge in [0.1, 0.15) is 5.75 Å². The van der Waals surface area contributed by atoms with Crippen molar-refractivity contribution >= 4 is 11.6 Å². The van der Waals surface area contributed by atoms with Crippen LogP contribution < -0.4 is 11.1 Å². The van der Waals surface area contributed by atoms with Crippen molar-refractivity contribution in [2.24, 2.45) is 0 Å². The summed E-state index contributed by atoms with van der Waals surface area (Å²) < 4.78 is 0. The summed E-state index contributed by atoms with van der Waals surface area (Å²) in [7, 11) is 0. The molecule has 1 aromatic carbocycles. The maximum absolute atomic E-state index is 11.9. The normalized spacial score (nSPS) is 14.8. The minimum Gasteiger partial charge on any atom is -0.508 e. The van der Waals surface area contributed by atoms with Crippen LogP contribution in [0.2, 0.25) is 0 Å². The van der Waals surface area contributed by atoms with Gasteiger partial charge in [-0.3, -0.25) is 4.79 Å². The van der Waals surface area contributed by atoms with Crippen LogP contribution in [0.1, 0.15) is 42.5 Å². The van der Waals surface area contributed by atoms with Crippen LogP contribution in [0.4, 0.5) is 5.69 Å². The van der Waals surface area contributed by atoms with Crippen LogP contribution in [0.3, 0.4) is 0 Å². The standard InChI is InChI=1S/C15H20N2O2/c16-14-7-6-12(18)10-13(14)15(19)17-9-8-11-4-2-1-3-5-11/h4,6-7,10,18H,1-3,5,8-9,16H2,(H,17,19). The van der Waals surface area contributed by atoms with Crippen molar-refractivity contribution in [1.29, 1.82) is 0 Å². The van der Waals surface area contributed by atoms with Crippen molar-refractivity contribution in [2.75, 3.05) is 12.3 Å². The van der Waals surface area contributed by atoms with E-state index in [0.29, 0.717) is 17.8 Å². The second kappa shape index (κ2) is 6.27. The average Bonchev–Trinajstić information content (AvgIpc) is 2.42. The molecule has 0 radical (unpaired) electrons. The van der Waals surface area contributed by atoms with Crippen LogP contribution in [0.5, 0.6) is 5.75 Å². The number of carbonyl (C=O) groups excluding carboxylic acids is 1. The molecule has 0 aromatic heterocycles. The highest BCUT2D eigenvalue weighted by Gasteiger charge is 2.10. The van der Waals surface area contributed by atoms with Crippen LogP contribution in [0.25, 0.3) is 0 Å². The van der Waals surface area contributed by atoms with Gasteiger partial charge in [0.15, 0.2) is 0 Å². The SMILES string of the molecule is Nc1ccc(O)cc1C(=O)NCCC1=CCCCC1. The number of benzene rings is 1. The molecular formula is C15H20N2O2. The third kappa shape index (κ3) is 3.74. The molecule has 1 aromatic rings. The molecule has 19 heavy (non-hydrogen) atoms. The fourth-order valence-electron chi connectivity index (χ4n) is 2.30. The fourth-order valence-corrected chi connectivity index (χ4v) is 2.30. The van der Waals surface area contributed by atoms with E-state index in [1.807, 2.05) is 0 Å². The quantitative estimate of drug-likeness (QED) is 0.442. The molecule has 1 aliphatic carbocycles. The number of hydrogen-bond donors (Lipinski definition) is 3. The maximum atomic E-state index is 11.9. The summed E-state index contributed by atoms with van der Waals surface area (Å²) in [6.07, 6.45) is 7.99. The largest absolute Gasteiger partial charge is 0.508 e. The molecule has 0 bridgehead atoms. The van der Waals surface area contributed by atoms with E-state index in [0.717, 1.165) is 19.3 Å². The molecule has 4 nitrogen and oxygen atoms in total. The van der Waals surface area contributed by atoms with E-state index >= 15 is 0 Å². The van der Waals surface area contributed by atoms with E-state index in [9.17, 15) is 9.90 Å². The van der Waals surface area contributed by atoms with Crippen molar-refractivity contribution in [3.05, 3.63) is 35.4 Å². The Bertz CT molecular complexity index is 495. The molecule has 0 saturated carbocycles. The van der Waals surface area contributed by atoms with Crippen molar-refractivity contribution in [3.63, 3.8) is 0 Å². The molecule has 4 N–H and O–H groups in total. The molecule has 0 spiro atoms. The predicted octanol–water partition coefficient (Wildman–Crippen LogP) is 2.59. The lowest BCUT2D eigenvalue weighted by Crippen LogP contribution is -2.25. The highest BCUT2D eigenvalue weighted by atomic mass is 16.3. The molecule has 102 valence electrons. The molecule has 1 aliphatic rings. The van der Waals surface area contributed by atoms with Gasteiger partial charge in [0, 0.05) is 12.2 Å². The van der Waals surface area contributed by atoms with Gasteiger partial charge in [-0.15, -0.1) is 0 Å². The maximum Gasteiger partial charge on any atom is 0.253 e. The molecule has 0 fully saturated rings. The topological polar surface area (TPSA) is 75.3 Å². The highest BCUT2D eigenvalue weighted by molar-refractivity contribution is 5.99. The Morgan fingerprint density at radius 2 is 2.21 bits per heavy atom. The first-order valence-corrected chi connectivity index (χ1v) is 6.71. The predicted molar refractivity (Wildman–Crippen MR) is 76.0 cm³/mol. The Labute approximate surface area is 113 Å². The summed E-state index contributed by atoms with van der Waals surface area (Å²) >= 11 is 0. The van der Waals surface area contributed by atoms with E-state index < -0.39 is 0 Å². The van der Waals surface area contributed by atoms with Gasteiger partial charge in [0.2, 0.25) is 0 Å². The summed E-state index contributed by atoms with van der Waals surface area (Å²) in [5.74, 6) is -0.181. The Hall–Kier alpha value is -1.97. The summed E-state index contributed by atoms with van der Waals surface area (Å²) in [6, 6.07) is 4.40. The van der Waals surface area contributed by atoms with Crippen LogP contribution in [0.15, 0.2) is 29.8 Å². The van der Waals surface area contributed by atoms with Crippen molar-refractivity contribution in [2.45, 2.75) is 32.1 Å². The van der Waals surface area contributed by atoms with Gasteiger partial charge < -0.3 is 16.2 Å². The number of carbonyl (C=O) groups is 1. The van der Waals surface area contributed by atoms with Gasteiger partial charge >= 0.3 is 0 Å². The van der Waals surface area contributed by atoms with Gasteiger partial charge in [-0.05, 0) is 50.3 Å². The van der Waals surface area contributed by atoms with Crippen molar-refractivity contribution in [3.8, 4) is 5.75 Å². The summed E-state index contributed by atoms with van der Waals surface area (Å²) in [4.78, 5) is 11.9. The van der Waals surface area contributed by atoms with Gasteiger partial charge in [-0.1, -0.05) is 11.6 Å². The molecule has 0 unspecified atom stereocenters. The third-order valence-electron chi connectivity index (χ3n) is 3.40. The molecule has 0 heterocycles. The number of aromatic hydroxyl groups is 1. The number of allylic oxidation sites excluding steroid dienone is 1. The lowest BCUT2D eigenvalue weighted by atomic mass is 9.97. The van der Waals surface area contributed by atoms with E-state index in [2.05, 4.69) is 11.4 Å². The smallest absolute Gasteiger partial charge is 0.253 e. The minimum atomic E-state index is -0.232. The number of phenolic OH excluding ortho intramolecular Hbond substituents is 1. The molecule has 1 amide bonds. The van der Waals surface area contributed by atoms with Crippen LogP contribution in [-0.4, -0.2) is 17.6 Å². The second-order valence-electron chi connectivity index (χ2n) is 4.89. The van der Waals surface area contributed by atoms with E-state index in [4.69, 9.17) is 5.73 Å². The van der Waals surface area contributed by atoms with Gasteiger partial charge in [0.25, 0.3) is 5.91 Å². The number of amides is 1. The molecular weight excluding hydrogens is 240 g/mol. The first-order chi connectivity index (χ1) is 9.16. The van der Waals surface area contributed by atoms with Crippen LogP contribution in [-0.2, 0) is 0 Å². The summed E-state index contributed by atoms with van der Waals surface area (Å²) in [6.45, 7) is 0.611. The van der Waals surface area contributed by atoms with E-state index in [1.165, 1.54) is 36.6 Å². The average molecular weight is 260 g/mol. The lowest BCUT2D eigenvalue weighted by Gasteiger charge is -2.13. The molecule has 0 saturated heterocycles. The highest BCUT2D eigenvalue weighted by Crippen LogP contribution is 2.20. The number of hydrogen-bond acceptors (Lipinski definition) is 3. The number of nitrogens with two attached hydrogens (primary N) is 1. The van der Waals surface area contributed by atoms with Crippen LogP contribution >= 0.6 is 0 Å². The Balaban J connectivity index is 1.87. The Morgan fingerprint density at radius 1 is 1.37 bits per heavy atom. The molecule has 0 aliphatic heterocycles. The third-order valence-corrected chi connectivity index (χ3v) is 3.40. The zero-order valence-electron chi connectivity index (χ0n) is 11.0. The number of nitrogen functional groups attached to an aromatic ring is 1. The molecule has 0 atom stereocenters. The van der Waals surface area contributed by atoms with Gasteiger partial charge in [-0.2, -0.15) is 0 Å². The first kappa shape index (κ1) is 13.5. The van der Waals surface area contributed by atoms with Crippen LogP contribution in [0, 0.1) is 0 Å². The number of anilines is 1. The second-order valence-corrected chi connectivity index (χ2v) is 4.89. The van der Waals surface area contributed by atoms with Gasteiger partial charge in [0.05, 0.1) is 5.56 Å². The number of phenols is 1. The Kier molecular flexibility index (Phi) is 4.44. The summed E-state index contributed by atoms with van der Waals surface area (Å²) in [5.41, 5.74) is 7.86. The number of nitrogens with one attached hydrogen (secondary N) is 1. The molecule has 2 rings (SSSR count). The molecule has 4 heteroatoms. The zero-order valence-corrected chi connectivity index (χ0v) is 11.0.